The molecule has 1 unspecified atom stereocenters. The Morgan fingerprint density at radius 2 is 1.87 bits per heavy atom. The van der Waals surface area contributed by atoms with Crippen molar-refractivity contribution in [2.75, 3.05) is 29.9 Å². The number of aromatic nitrogens is 4. The second-order valence-electron chi connectivity index (χ2n) is 12.4. The van der Waals surface area contributed by atoms with Crippen molar-refractivity contribution < 1.29 is 15.0 Å². The second kappa shape index (κ2) is 11.8. The molecular formula is C35H34ClN7O3. The zero-order valence-electron chi connectivity index (χ0n) is 25.2. The van der Waals surface area contributed by atoms with Crippen LogP contribution in [0.3, 0.4) is 0 Å². The molecule has 1 saturated heterocycles. The number of pyridine rings is 2. The van der Waals surface area contributed by atoms with E-state index in [9.17, 15) is 15.0 Å². The summed E-state index contributed by atoms with van der Waals surface area (Å²) in [4.78, 5) is 27.0. The van der Waals surface area contributed by atoms with Gasteiger partial charge in [0.1, 0.15) is 5.52 Å². The first kappa shape index (κ1) is 29.1. The number of halogens is 1. The van der Waals surface area contributed by atoms with Crippen molar-refractivity contribution in [2.24, 2.45) is 0 Å². The van der Waals surface area contributed by atoms with Crippen molar-refractivity contribution in [3.8, 4) is 11.1 Å². The van der Waals surface area contributed by atoms with Crippen LogP contribution in [0.4, 0.5) is 17.2 Å². The Labute approximate surface area is 271 Å². The fourth-order valence-electron chi connectivity index (χ4n) is 7.06. The number of nitrogens with one attached hydrogen (secondary N) is 1. The molecule has 6 heterocycles. The molecule has 2 atom stereocenters. The van der Waals surface area contributed by atoms with Gasteiger partial charge in [0.2, 0.25) is 0 Å². The van der Waals surface area contributed by atoms with Crippen molar-refractivity contribution >= 4 is 45.6 Å². The van der Waals surface area contributed by atoms with E-state index in [-0.39, 0.29) is 12.0 Å². The maximum Gasteiger partial charge on any atom is 0.278 e. The number of carbonyl (C=O) groups is 1. The van der Waals surface area contributed by atoms with Crippen molar-refractivity contribution in [1.82, 2.24) is 24.6 Å². The minimum Gasteiger partial charge on any atom is -0.392 e. The number of benzene rings is 2. The van der Waals surface area contributed by atoms with E-state index in [1.54, 1.807) is 21.8 Å². The standard InChI is InChI=1S/C35H34ClN7O3/c36-32-26(24-4-2-7-29-25(24)11-15-42(29)35(46)28-17-30-31(45)8-3-13-43(30)40-28)5-1-6-27(32)39-34-33-22(9-12-37-34)16-21(18-38-33)19-41-14-10-23(44)20-41/h1-2,4-7,9,12,16-18,23,31,44-45H,3,8,10-11,13-15,19-20H2,(H,37,39)/t23-,31?/m1/s1. The van der Waals surface area contributed by atoms with Gasteiger partial charge in [0, 0.05) is 61.8 Å². The molecule has 3 aromatic heterocycles. The van der Waals surface area contributed by atoms with Crippen LogP contribution in [0.1, 0.15) is 52.7 Å². The van der Waals surface area contributed by atoms with E-state index in [0.29, 0.717) is 60.4 Å². The Balaban J connectivity index is 1.06. The molecule has 0 spiro atoms. The fourth-order valence-corrected chi connectivity index (χ4v) is 7.34. The summed E-state index contributed by atoms with van der Waals surface area (Å²) in [6.45, 7) is 3.56. The van der Waals surface area contributed by atoms with Gasteiger partial charge >= 0.3 is 0 Å². The number of hydrogen-bond donors (Lipinski definition) is 3. The Morgan fingerprint density at radius 1 is 1.00 bits per heavy atom. The summed E-state index contributed by atoms with van der Waals surface area (Å²) in [5.41, 5.74) is 7.36. The lowest BCUT2D eigenvalue weighted by Crippen LogP contribution is -2.29. The summed E-state index contributed by atoms with van der Waals surface area (Å²) in [6.07, 6.45) is 5.82. The number of rotatable bonds is 6. The fraction of sp³-hybridized carbons (Fsp3) is 0.314. The van der Waals surface area contributed by atoms with Crippen LogP contribution < -0.4 is 10.2 Å². The number of fused-ring (bicyclic) bond motifs is 3. The molecular weight excluding hydrogens is 602 g/mol. The normalized spacial score (nSPS) is 19.4. The highest BCUT2D eigenvalue weighted by atomic mass is 35.5. The van der Waals surface area contributed by atoms with Crippen LogP contribution in [0.15, 0.2) is 67.0 Å². The Kier molecular flexibility index (Phi) is 7.45. The monoisotopic (exact) mass is 635 g/mol. The average molecular weight is 636 g/mol. The van der Waals surface area contributed by atoms with Gasteiger partial charge in [-0.05, 0) is 72.7 Å². The summed E-state index contributed by atoms with van der Waals surface area (Å²) >= 11 is 7.09. The van der Waals surface area contributed by atoms with Gasteiger partial charge in [0.05, 0.1) is 28.6 Å². The van der Waals surface area contributed by atoms with Crippen LogP contribution in [0, 0.1) is 0 Å². The topological polar surface area (TPSA) is 120 Å². The minimum absolute atomic E-state index is 0.165. The van der Waals surface area contributed by atoms with Crippen LogP contribution in [-0.4, -0.2) is 66.5 Å². The number of carbonyl (C=O) groups excluding carboxylic acids is 1. The maximum atomic E-state index is 13.6. The molecule has 8 rings (SSSR count). The van der Waals surface area contributed by atoms with Crippen molar-refractivity contribution in [2.45, 2.75) is 51.0 Å². The van der Waals surface area contributed by atoms with E-state index in [1.165, 1.54) is 0 Å². The number of likely N-dealkylation sites (tertiary alicyclic amines) is 1. The van der Waals surface area contributed by atoms with E-state index in [2.05, 4.69) is 26.4 Å². The molecule has 3 aliphatic rings. The number of aliphatic hydroxyl groups is 2. The van der Waals surface area contributed by atoms with E-state index in [0.717, 1.165) is 64.8 Å². The summed E-state index contributed by atoms with van der Waals surface area (Å²) in [5, 5.41) is 29.7. The molecule has 10 nitrogen and oxygen atoms in total. The quantitative estimate of drug-likeness (QED) is 0.224. The first-order valence-electron chi connectivity index (χ1n) is 15.8. The Hall–Kier alpha value is -4.35. The van der Waals surface area contributed by atoms with Gasteiger partial charge in [-0.2, -0.15) is 5.10 Å². The van der Waals surface area contributed by atoms with Crippen molar-refractivity contribution in [3.63, 3.8) is 0 Å². The molecule has 1 fully saturated rings. The number of aryl methyl sites for hydroxylation is 1. The van der Waals surface area contributed by atoms with E-state index in [1.807, 2.05) is 48.7 Å². The van der Waals surface area contributed by atoms with Gasteiger partial charge in [0.25, 0.3) is 5.91 Å². The molecule has 0 bridgehead atoms. The lowest BCUT2D eigenvalue weighted by Gasteiger charge is -2.18. The Morgan fingerprint density at radius 3 is 2.72 bits per heavy atom. The van der Waals surface area contributed by atoms with Gasteiger partial charge in [-0.25, -0.2) is 4.98 Å². The Bertz CT molecular complexity index is 1980. The minimum atomic E-state index is -0.587. The maximum absolute atomic E-state index is 13.6. The molecule has 1 amide bonds. The van der Waals surface area contributed by atoms with Crippen LogP contribution in [0.5, 0.6) is 0 Å². The third-order valence-electron chi connectivity index (χ3n) is 9.34. The summed E-state index contributed by atoms with van der Waals surface area (Å²) in [5.74, 6) is 0.449. The zero-order valence-corrected chi connectivity index (χ0v) is 26.0. The molecule has 3 aliphatic heterocycles. The molecule has 2 aromatic carbocycles. The molecule has 0 aliphatic carbocycles. The highest BCUT2D eigenvalue weighted by molar-refractivity contribution is 6.36. The van der Waals surface area contributed by atoms with Crippen molar-refractivity contribution in [1.29, 1.82) is 0 Å². The number of amides is 1. The SMILES string of the molecule is O=C(c1cc2n(n1)CCCC2O)N1CCc2c(-c3cccc(Nc4nccc5cc(CN6CC[C@@H](O)C6)cnc45)c3Cl)cccc21. The first-order valence-corrected chi connectivity index (χ1v) is 16.2. The van der Waals surface area contributed by atoms with Gasteiger partial charge in [-0.3, -0.25) is 19.4 Å². The van der Waals surface area contributed by atoms with Crippen molar-refractivity contribution in [3.05, 3.63) is 94.5 Å². The van der Waals surface area contributed by atoms with Crippen LogP contribution in [0.2, 0.25) is 5.02 Å². The van der Waals surface area contributed by atoms with Crippen LogP contribution in [-0.2, 0) is 19.5 Å². The predicted molar refractivity (Wildman–Crippen MR) is 177 cm³/mol. The third-order valence-corrected chi connectivity index (χ3v) is 9.75. The summed E-state index contributed by atoms with van der Waals surface area (Å²) < 4.78 is 1.76. The zero-order chi connectivity index (χ0) is 31.4. The van der Waals surface area contributed by atoms with Crippen LogP contribution in [0.25, 0.3) is 22.0 Å². The number of β-amino-alcohol motifs (C(OH)–C–C–N with tert-alkyl or cyclic N) is 1. The van der Waals surface area contributed by atoms with E-state index >= 15 is 0 Å². The second-order valence-corrected chi connectivity index (χ2v) is 12.8. The van der Waals surface area contributed by atoms with Gasteiger partial charge in [-0.1, -0.05) is 35.9 Å². The van der Waals surface area contributed by atoms with E-state index in [4.69, 9.17) is 16.6 Å². The number of anilines is 3. The van der Waals surface area contributed by atoms with Gasteiger partial charge < -0.3 is 20.4 Å². The first-order chi connectivity index (χ1) is 22.4. The lowest BCUT2D eigenvalue weighted by atomic mass is 9.97. The molecule has 0 saturated carbocycles. The average Bonchev–Trinajstić information content (AvgIpc) is 3.81. The molecule has 11 heteroatoms. The lowest BCUT2D eigenvalue weighted by molar-refractivity contribution is 0.0983. The highest BCUT2D eigenvalue weighted by Crippen LogP contribution is 2.42. The molecule has 0 radical (unpaired) electrons. The molecule has 5 aromatic rings. The number of aliphatic hydroxyl groups excluding tert-OH is 2. The molecule has 46 heavy (non-hydrogen) atoms. The largest absolute Gasteiger partial charge is 0.392 e. The third kappa shape index (κ3) is 5.21. The summed E-state index contributed by atoms with van der Waals surface area (Å²) in [7, 11) is 0. The number of nitrogens with zero attached hydrogens (tertiary/aromatic N) is 6. The van der Waals surface area contributed by atoms with Crippen LogP contribution >= 0.6 is 11.6 Å². The number of hydrogen-bond acceptors (Lipinski definition) is 8. The smallest absolute Gasteiger partial charge is 0.278 e. The van der Waals surface area contributed by atoms with E-state index < -0.39 is 6.10 Å². The highest BCUT2D eigenvalue weighted by Gasteiger charge is 2.31. The van der Waals surface area contributed by atoms with Gasteiger partial charge in [0.15, 0.2) is 11.5 Å². The predicted octanol–water partition coefficient (Wildman–Crippen LogP) is 5.49. The van der Waals surface area contributed by atoms with Gasteiger partial charge in [-0.15, -0.1) is 0 Å². The summed E-state index contributed by atoms with van der Waals surface area (Å²) in [6, 6.07) is 17.7. The molecule has 234 valence electrons. The molecule has 3 N–H and O–H groups in total.